The summed E-state index contributed by atoms with van der Waals surface area (Å²) in [6.07, 6.45) is 0. The number of phenolic OH excluding ortho intramolecular Hbond substituents is 1. The first-order chi connectivity index (χ1) is 11.6. The number of carbonyl (C=O) groups excluding carboxylic acids is 2. The van der Waals surface area contributed by atoms with Crippen LogP contribution < -0.4 is 16.0 Å². The van der Waals surface area contributed by atoms with Gasteiger partial charge in [-0.1, -0.05) is 24.3 Å². The maximum Gasteiger partial charge on any atom is 0.368 e. The van der Waals surface area contributed by atoms with E-state index in [9.17, 15) is 14.7 Å². The highest BCUT2D eigenvalue weighted by Gasteiger charge is 2.13. The minimum atomic E-state index is -0.555. The average molecular weight is 317 g/mol. The number of rotatable bonds is 2. The first-order valence-corrected chi connectivity index (χ1v) is 7.25. The molecule has 2 N–H and O–H groups in total. The predicted octanol–water partition coefficient (Wildman–Crippen LogP) is 2.17. The van der Waals surface area contributed by atoms with Crippen molar-refractivity contribution in [2.24, 2.45) is 9.98 Å². The van der Waals surface area contributed by atoms with Crippen molar-refractivity contribution in [2.45, 2.75) is 0 Å². The van der Waals surface area contributed by atoms with Crippen LogP contribution in [0.2, 0.25) is 0 Å². The van der Waals surface area contributed by atoms with Crippen LogP contribution in [0.1, 0.15) is 10.4 Å². The molecule has 6 heteroatoms. The lowest BCUT2D eigenvalue weighted by Crippen LogP contribution is -2.23. The summed E-state index contributed by atoms with van der Waals surface area (Å²) in [4.78, 5) is 31.1. The molecule has 1 aliphatic rings. The van der Waals surface area contributed by atoms with Crippen LogP contribution in [0.25, 0.3) is 10.8 Å². The fourth-order valence-electron chi connectivity index (χ4n) is 2.62. The molecule has 3 aromatic rings. The van der Waals surface area contributed by atoms with Crippen molar-refractivity contribution in [3.05, 3.63) is 70.9 Å². The molecule has 4 rings (SSSR count). The summed E-state index contributed by atoms with van der Waals surface area (Å²) in [5, 5.41) is 15.4. The lowest BCUT2D eigenvalue weighted by atomic mass is 10.1. The quantitative estimate of drug-likeness (QED) is 0.759. The van der Waals surface area contributed by atoms with Crippen molar-refractivity contribution >= 4 is 28.4 Å². The van der Waals surface area contributed by atoms with Crippen molar-refractivity contribution in [3.63, 3.8) is 0 Å². The molecule has 0 saturated carbocycles. The highest BCUT2D eigenvalue weighted by Crippen LogP contribution is 2.25. The van der Waals surface area contributed by atoms with Gasteiger partial charge in [-0.15, -0.1) is 0 Å². The zero-order valence-electron chi connectivity index (χ0n) is 12.4. The minimum absolute atomic E-state index is 0.0952. The third-order valence-corrected chi connectivity index (χ3v) is 3.77. The number of urea groups is 1. The molecule has 1 heterocycles. The second-order valence-electron chi connectivity index (χ2n) is 5.38. The van der Waals surface area contributed by atoms with Crippen molar-refractivity contribution in [2.75, 3.05) is 5.32 Å². The van der Waals surface area contributed by atoms with Crippen LogP contribution in [-0.2, 0) is 0 Å². The Bertz CT molecular complexity index is 1140. The normalized spacial score (nSPS) is 12.4. The van der Waals surface area contributed by atoms with Crippen molar-refractivity contribution in [1.29, 1.82) is 0 Å². The smallest absolute Gasteiger partial charge is 0.368 e. The van der Waals surface area contributed by atoms with Crippen molar-refractivity contribution in [1.82, 2.24) is 0 Å². The Morgan fingerprint density at radius 3 is 2.42 bits per heavy atom. The Morgan fingerprint density at radius 1 is 0.917 bits per heavy atom. The summed E-state index contributed by atoms with van der Waals surface area (Å²) in [6.45, 7) is 0. The summed E-state index contributed by atoms with van der Waals surface area (Å²) < 4.78 is 0. The number of nitrogens with one attached hydrogen (secondary N) is 1. The van der Waals surface area contributed by atoms with Gasteiger partial charge in [0.05, 0.1) is 16.3 Å². The zero-order chi connectivity index (χ0) is 16.7. The van der Waals surface area contributed by atoms with Crippen LogP contribution in [0.5, 0.6) is 5.75 Å². The van der Waals surface area contributed by atoms with E-state index in [0.717, 1.165) is 10.8 Å². The molecule has 116 valence electrons. The number of aromatic hydroxyl groups is 1. The average Bonchev–Trinajstić information content (AvgIpc) is 2.93. The number of fused-ring (bicyclic) bond motifs is 2. The molecular weight excluding hydrogens is 306 g/mol. The first-order valence-electron chi connectivity index (χ1n) is 7.25. The van der Waals surface area contributed by atoms with E-state index in [1.165, 1.54) is 0 Å². The van der Waals surface area contributed by atoms with Crippen LogP contribution in [0.15, 0.2) is 64.6 Å². The van der Waals surface area contributed by atoms with Gasteiger partial charge in [0.2, 0.25) is 0 Å². The third kappa shape index (κ3) is 2.40. The standard InChI is InChI=1S/C18H11N3O3/c22-16-8-11-4-2-1-3-10(11)7-13(16)17(23)19-12-5-6-14-15(9-12)21-18(24)20-14/h1-9,22H,(H,19,23). The van der Waals surface area contributed by atoms with E-state index in [0.29, 0.717) is 16.4 Å². The fourth-order valence-corrected chi connectivity index (χ4v) is 2.62. The lowest BCUT2D eigenvalue weighted by molar-refractivity contribution is 0.102. The van der Waals surface area contributed by atoms with Crippen LogP contribution in [0, 0.1) is 0 Å². The van der Waals surface area contributed by atoms with Gasteiger partial charge in [0.1, 0.15) is 5.75 Å². The van der Waals surface area contributed by atoms with E-state index in [1.54, 1.807) is 30.3 Å². The molecule has 3 amide bonds. The Labute approximate surface area is 135 Å². The minimum Gasteiger partial charge on any atom is -0.507 e. The fraction of sp³-hybridized carbons (Fsp3) is 0. The van der Waals surface area contributed by atoms with Gasteiger partial charge >= 0.3 is 6.03 Å². The van der Waals surface area contributed by atoms with E-state index in [4.69, 9.17) is 0 Å². The number of carbonyl (C=O) groups is 2. The molecule has 0 spiro atoms. The SMILES string of the molecule is O=C1N=c2ccc(NC(=O)c3cc4ccccc4cc3O)cc2=N1. The van der Waals surface area contributed by atoms with E-state index in [1.807, 2.05) is 24.3 Å². The number of nitrogens with zero attached hydrogens (tertiary/aromatic N) is 2. The Balaban J connectivity index is 1.69. The largest absolute Gasteiger partial charge is 0.507 e. The molecule has 0 saturated heterocycles. The Kier molecular flexibility index (Phi) is 3.09. The monoisotopic (exact) mass is 317 g/mol. The van der Waals surface area contributed by atoms with Gasteiger partial charge in [-0.2, -0.15) is 9.98 Å². The molecule has 0 fully saturated rings. The van der Waals surface area contributed by atoms with Crippen LogP contribution >= 0.6 is 0 Å². The second kappa shape index (κ2) is 5.27. The second-order valence-corrected chi connectivity index (χ2v) is 5.38. The molecule has 0 atom stereocenters. The molecular formula is C18H11N3O3. The van der Waals surface area contributed by atoms with Gasteiger partial charge in [-0.25, -0.2) is 4.79 Å². The molecule has 0 bridgehead atoms. The molecule has 0 unspecified atom stereocenters. The van der Waals surface area contributed by atoms with E-state index in [2.05, 4.69) is 15.3 Å². The van der Waals surface area contributed by atoms with Gasteiger partial charge in [0, 0.05) is 5.69 Å². The summed E-state index contributed by atoms with van der Waals surface area (Å²) in [6, 6.07) is 14.9. The zero-order valence-corrected chi connectivity index (χ0v) is 12.4. The Hall–Kier alpha value is -3.54. The molecule has 0 aromatic heterocycles. The molecule has 6 nitrogen and oxygen atoms in total. The van der Waals surface area contributed by atoms with E-state index in [-0.39, 0.29) is 11.3 Å². The topological polar surface area (TPSA) is 91.1 Å². The molecule has 3 aromatic carbocycles. The predicted molar refractivity (Wildman–Crippen MR) is 87.7 cm³/mol. The van der Waals surface area contributed by atoms with Crippen molar-refractivity contribution in [3.8, 4) is 5.75 Å². The summed E-state index contributed by atoms with van der Waals surface area (Å²) in [7, 11) is 0. The van der Waals surface area contributed by atoms with Crippen molar-refractivity contribution < 1.29 is 14.7 Å². The highest BCUT2D eigenvalue weighted by molar-refractivity contribution is 6.08. The van der Waals surface area contributed by atoms with Crippen LogP contribution in [-0.4, -0.2) is 17.0 Å². The molecule has 0 aliphatic carbocycles. The van der Waals surface area contributed by atoms with E-state index >= 15 is 0 Å². The van der Waals surface area contributed by atoms with Crippen LogP contribution in [0.3, 0.4) is 0 Å². The maximum atomic E-state index is 12.5. The number of hydrogen-bond donors (Lipinski definition) is 2. The summed E-state index contributed by atoms with van der Waals surface area (Å²) >= 11 is 0. The number of benzene rings is 3. The maximum absolute atomic E-state index is 12.5. The number of amides is 3. The number of anilines is 1. The first kappa shape index (κ1) is 14.1. The summed E-state index contributed by atoms with van der Waals surface area (Å²) in [5.41, 5.74) is 0.645. The lowest BCUT2D eigenvalue weighted by Gasteiger charge is -2.08. The molecule has 1 aliphatic heterocycles. The Morgan fingerprint density at radius 2 is 1.62 bits per heavy atom. The third-order valence-electron chi connectivity index (χ3n) is 3.77. The highest BCUT2D eigenvalue weighted by atomic mass is 16.3. The van der Waals surface area contributed by atoms with Gasteiger partial charge < -0.3 is 10.4 Å². The summed E-state index contributed by atoms with van der Waals surface area (Å²) in [5.74, 6) is -0.540. The van der Waals surface area contributed by atoms with Gasteiger partial charge in [0.15, 0.2) is 0 Å². The molecule has 24 heavy (non-hydrogen) atoms. The molecule has 0 radical (unpaired) electrons. The van der Waals surface area contributed by atoms with Gasteiger partial charge in [-0.3, -0.25) is 4.79 Å². The number of hydrogen-bond acceptors (Lipinski definition) is 3. The van der Waals surface area contributed by atoms with Crippen LogP contribution in [0.4, 0.5) is 10.5 Å². The van der Waals surface area contributed by atoms with Gasteiger partial charge in [-0.05, 0) is 41.1 Å². The van der Waals surface area contributed by atoms with E-state index < -0.39 is 11.9 Å². The number of phenols is 1. The van der Waals surface area contributed by atoms with Gasteiger partial charge in [0.25, 0.3) is 5.91 Å².